The molecule has 0 bridgehead atoms. The highest BCUT2D eigenvalue weighted by Crippen LogP contribution is 2.40. The molecule has 39 heavy (non-hydrogen) atoms. The minimum Gasteiger partial charge on any atom is -0.268 e. The number of aryl methyl sites for hydroxylation is 2. The highest BCUT2D eigenvalue weighted by Gasteiger charge is 2.41. The lowest BCUT2D eigenvalue weighted by molar-refractivity contribution is 0.0872. The van der Waals surface area contributed by atoms with Crippen LogP contribution in [-0.4, -0.2) is 28.6 Å². The van der Waals surface area contributed by atoms with Gasteiger partial charge in [-0.1, -0.05) is 39.0 Å². The van der Waals surface area contributed by atoms with E-state index < -0.39 is 23.6 Å². The average Bonchev–Trinajstić information content (AvgIpc) is 2.95. The van der Waals surface area contributed by atoms with Crippen LogP contribution in [0.1, 0.15) is 91.4 Å². The molecule has 0 aliphatic carbocycles. The monoisotopic (exact) mass is 517 g/mol. The number of imide groups is 2. The van der Waals surface area contributed by atoms with Gasteiger partial charge < -0.3 is 0 Å². The van der Waals surface area contributed by atoms with Crippen LogP contribution in [0.15, 0.2) is 60.7 Å². The summed E-state index contributed by atoms with van der Waals surface area (Å²) in [5, 5.41) is 0.692. The van der Waals surface area contributed by atoms with Gasteiger partial charge in [0, 0.05) is 38.7 Å². The standard InChI is InChI=1S/C32H27N3O4/c1-5-17(3)20-9-11-21(12-10-20)34-29(36)22-13-15-24-27-25(16-14-23(26(22)27)30(34)37)32(39)35(31(24)38)28-19(6-2)8-7-18(4)33-28/h7-17H,5-6H2,1-4H3. The van der Waals surface area contributed by atoms with Gasteiger partial charge in [-0.25, -0.2) is 14.8 Å². The predicted molar refractivity (Wildman–Crippen MR) is 150 cm³/mol. The van der Waals surface area contributed by atoms with Crippen molar-refractivity contribution in [3.05, 3.63) is 99.7 Å². The highest BCUT2D eigenvalue weighted by molar-refractivity contribution is 6.42. The molecule has 194 valence electrons. The van der Waals surface area contributed by atoms with Crippen molar-refractivity contribution in [2.45, 2.75) is 46.5 Å². The number of hydrogen-bond donors (Lipinski definition) is 0. The van der Waals surface area contributed by atoms with Gasteiger partial charge in [-0.05, 0) is 79.3 Å². The van der Waals surface area contributed by atoms with Crippen LogP contribution in [0.5, 0.6) is 0 Å². The van der Waals surface area contributed by atoms with Gasteiger partial charge in [0.25, 0.3) is 23.6 Å². The first-order valence-corrected chi connectivity index (χ1v) is 13.2. The van der Waals surface area contributed by atoms with Crippen LogP contribution in [0.25, 0.3) is 10.8 Å². The number of benzene rings is 3. The summed E-state index contributed by atoms with van der Waals surface area (Å²) in [5.74, 6) is -1.33. The average molecular weight is 518 g/mol. The molecule has 2 aliphatic rings. The second-order valence-corrected chi connectivity index (χ2v) is 10.2. The van der Waals surface area contributed by atoms with E-state index in [1.807, 2.05) is 38.1 Å². The van der Waals surface area contributed by atoms with Gasteiger partial charge in [-0.3, -0.25) is 19.2 Å². The fourth-order valence-electron chi connectivity index (χ4n) is 5.53. The van der Waals surface area contributed by atoms with Crippen molar-refractivity contribution in [2.24, 2.45) is 0 Å². The van der Waals surface area contributed by atoms with Crippen molar-refractivity contribution in [3.63, 3.8) is 0 Å². The maximum absolute atomic E-state index is 13.8. The largest absolute Gasteiger partial charge is 0.268 e. The molecule has 2 aliphatic heterocycles. The van der Waals surface area contributed by atoms with Gasteiger partial charge in [0.15, 0.2) is 0 Å². The molecule has 7 nitrogen and oxygen atoms in total. The normalized spacial score (nSPS) is 15.4. The maximum atomic E-state index is 13.8. The van der Waals surface area contributed by atoms with E-state index in [0.29, 0.717) is 40.3 Å². The summed E-state index contributed by atoms with van der Waals surface area (Å²) < 4.78 is 0. The van der Waals surface area contributed by atoms with E-state index in [9.17, 15) is 19.2 Å². The van der Waals surface area contributed by atoms with Gasteiger partial charge in [0.1, 0.15) is 5.82 Å². The van der Waals surface area contributed by atoms with E-state index in [2.05, 4.69) is 18.8 Å². The van der Waals surface area contributed by atoms with Crippen molar-refractivity contribution in [2.75, 3.05) is 9.80 Å². The molecular weight excluding hydrogens is 490 g/mol. The van der Waals surface area contributed by atoms with Crippen LogP contribution in [0.3, 0.4) is 0 Å². The first-order valence-electron chi connectivity index (χ1n) is 13.2. The molecule has 1 aromatic heterocycles. The number of aromatic nitrogens is 1. The summed E-state index contributed by atoms with van der Waals surface area (Å²) in [4.78, 5) is 61.8. The minimum absolute atomic E-state index is 0.266. The number of pyridine rings is 1. The second kappa shape index (κ2) is 8.98. The minimum atomic E-state index is -0.521. The second-order valence-electron chi connectivity index (χ2n) is 10.2. The first kappa shape index (κ1) is 24.7. The van der Waals surface area contributed by atoms with E-state index >= 15 is 0 Å². The quantitative estimate of drug-likeness (QED) is 0.293. The van der Waals surface area contributed by atoms with Gasteiger partial charge in [0.2, 0.25) is 0 Å². The number of carbonyl (C=O) groups is 4. The van der Waals surface area contributed by atoms with Crippen molar-refractivity contribution < 1.29 is 19.2 Å². The van der Waals surface area contributed by atoms with E-state index in [-0.39, 0.29) is 22.3 Å². The Morgan fingerprint density at radius 3 is 1.62 bits per heavy atom. The van der Waals surface area contributed by atoms with Crippen LogP contribution < -0.4 is 9.80 Å². The summed E-state index contributed by atoms with van der Waals surface area (Å²) in [5.41, 5.74) is 4.18. The Morgan fingerprint density at radius 2 is 1.15 bits per heavy atom. The Kier molecular flexibility index (Phi) is 5.68. The van der Waals surface area contributed by atoms with Crippen LogP contribution in [-0.2, 0) is 6.42 Å². The van der Waals surface area contributed by atoms with E-state index in [0.717, 1.165) is 22.4 Å². The smallest absolute Gasteiger partial charge is 0.267 e. The fraction of sp³-hybridized carbons (Fsp3) is 0.219. The lowest BCUT2D eigenvalue weighted by atomic mass is 9.85. The predicted octanol–water partition coefficient (Wildman–Crippen LogP) is 6.22. The molecular formula is C32H27N3O4. The zero-order valence-corrected chi connectivity index (χ0v) is 22.2. The SMILES string of the molecule is CCc1ccc(C)nc1N1C(=O)c2ccc3c4c(ccc(c24)C1=O)C(=O)N(c1ccc(C(C)CC)cc1)C3=O. The van der Waals surface area contributed by atoms with Crippen LogP contribution >= 0.6 is 0 Å². The van der Waals surface area contributed by atoms with Gasteiger partial charge in [-0.15, -0.1) is 0 Å². The molecule has 1 atom stereocenters. The summed E-state index contributed by atoms with van der Waals surface area (Å²) in [7, 11) is 0. The molecule has 0 saturated heterocycles. The zero-order valence-electron chi connectivity index (χ0n) is 22.2. The molecule has 0 N–H and O–H groups in total. The summed E-state index contributed by atoms with van der Waals surface area (Å²) in [6.07, 6.45) is 1.58. The number of carbonyl (C=O) groups excluding carboxylic acids is 4. The Labute approximate surface area is 226 Å². The number of nitrogens with zero attached hydrogens (tertiary/aromatic N) is 3. The molecule has 4 amide bonds. The first-order chi connectivity index (χ1) is 18.8. The topological polar surface area (TPSA) is 87.7 Å². The summed E-state index contributed by atoms with van der Waals surface area (Å²) >= 11 is 0. The molecule has 3 aromatic carbocycles. The maximum Gasteiger partial charge on any atom is 0.267 e. The molecule has 6 rings (SSSR count). The summed E-state index contributed by atoms with van der Waals surface area (Å²) in [6, 6.07) is 17.5. The molecule has 0 spiro atoms. The molecule has 7 heteroatoms. The number of rotatable bonds is 5. The van der Waals surface area contributed by atoms with E-state index in [1.54, 1.807) is 36.4 Å². The third-order valence-corrected chi connectivity index (χ3v) is 7.92. The van der Waals surface area contributed by atoms with Crippen LogP contribution in [0.4, 0.5) is 11.5 Å². The zero-order chi connectivity index (χ0) is 27.6. The Balaban J connectivity index is 1.49. The van der Waals surface area contributed by atoms with E-state index in [4.69, 9.17) is 0 Å². The summed E-state index contributed by atoms with van der Waals surface area (Å²) in [6.45, 7) is 7.99. The lowest BCUT2D eigenvalue weighted by Gasteiger charge is -2.32. The third kappa shape index (κ3) is 3.53. The number of anilines is 2. The molecule has 3 heterocycles. The molecule has 1 unspecified atom stereocenters. The van der Waals surface area contributed by atoms with Crippen LogP contribution in [0, 0.1) is 6.92 Å². The van der Waals surface area contributed by atoms with Gasteiger partial charge >= 0.3 is 0 Å². The number of hydrogen-bond acceptors (Lipinski definition) is 5. The lowest BCUT2D eigenvalue weighted by Crippen LogP contribution is -2.44. The van der Waals surface area contributed by atoms with Crippen LogP contribution in [0.2, 0.25) is 0 Å². The molecule has 0 saturated carbocycles. The number of amides is 4. The van der Waals surface area contributed by atoms with Crippen molar-refractivity contribution >= 4 is 45.9 Å². The third-order valence-electron chi connectivity index (χ3n) is 7.92. The Hall–Kier alpha value is -4.65. The van der Waals surface area contributed by atoms with Gasteiger partial charge in [-0.2, -0.15) is 0 Å². The Bertz CT molecular complexity index is 1670. The van der Waals surface area contributed by atoms with Crippen molar-refractivity contribution in [3.8, 4) is 0 Å². The molecule has 0 fully saturated rings. The molecule has 4 aromatic rings. The highest BCUT2D eigenvalue weighted by atomic mass is 16.2. The van der Waals surface area contributed by atoms with Gasteiger partial charge in [0.05, 0.1) is 5.69 Å². The van der Waals surface area contributed by atoms with Crippen molar-refractivity contribution in [1.82, 2.24) is 4.98 Å². The Morgan fingerprint density at radius 1 is 0.667 bits per heavy atom. The fourth-order valence-corrected chi connectivity index (χ4v) is 5.53. The van der Waals surface area contributed by atoms with E-state index in [1.165, 1.54) is 4.90 Å². The molecule has 0 radical (unpaired) electrons. The van der Waals surface area contributed by atoms with Crippen molar-refractivity contribution in [1.29, 1.82) is 0 Å².